The van der Waals surface area contributed by atoms with Crippen molar-refractivity contribution >= 4 is 17.4 Å². The molecule has 1 fully saturated rings. The molecule has 1 aliphatic carbocycles. The number of carbonyl (C=O) groups is 2. The maximum absolute atomic E-state index is 13.0. The van der Waals surface area contributed by atoms with Gasteiger partial charge in [-0.25, -0.2) is 0 Å². The van der Waals surface area contributed by atoms with E-state index in [4.69, 9.17) is 0 Å². The van der Waals surface area contributed by atoms with Gasteiger partial charge in [0, 0.05) is 18.7 Å². The van der Waals surface area contributed by atoms with Crippen molar-refractivity contribution in [3.63, 3.8) is 0 Å². The molecule has 1 atom stereocenters. The summed E-state index contributed by atoms with van der Waals surface area (Å²) in [5, 5.41) is 21.2. The van der Waals surface area contributed by atoms with E-state index in [1.54, 1.807) is 24.3 Å². The summed E-state index contributed by atoms with van der Waals surface area (Å²) in [5.41, 5.74) is 3.68. The quantitative estimate of drug-likeness (QED) is 0.441. The third-order valence-electron chi connectivity index (χ3n) is 6.14. The molecule has 2 N–H and O–H groups in total. The summed E-state index contributed by atoms with van der Waals surface area (Å²) in [5.74, 6) is -1.44. The predicted octanol–water partition coefficient (Wildman–Crippen LogP) is 3.25. The lowest BCUT2D eigenvalue weighted by Crippen LogP contribution is -2.35. The van der Waals surface area contributed by atoms with Gasteiger partial charge in [0.25, 0.3) is 11.7 Å². The van der Waals surface area contributed by atoms with E-state index in [0.29, 0.717) is 24.2 Å². The summed E-state index contributed by atoms with van der Waals surface area (Å²) in [7, 11) is 3.79. The molecule has 2 aromatic rings. The minimum atomic E-state index is -0.747. The number of aliphatic hydroxyl groups is 1. The lowest BCUT2D eigenvalue weighted by Gasteiger charge is -2.26. The Morgan fingerprint density at radius 3 is 2.52 bits per heavy atom. The fourth-order valence-corrected chi connectivity index (χ4v) is 4.50. The molecule has 1 amide bonds. The Kier molecular flexibility index (Phi) is 5.83. The topological polar surface area (TPSA) is 81.1 Å². The number of benzene rings is 2. The second-order valence-electron chi connectivity index (χ2n) is 8.58. The first-order valence-electron chi connectivity index (χ1n) is 10.7. The van der Waals surface area contributed by atoms with Crippen LogP contribution in [-0.2, 0) is 22.4 Å². The van der Waals surface area contributed by atoms with Gasteiger partial charge in [0.05, 0.1) is 11.6 Å². The van der Waals surface area contributed by atoms with Crippen LogP contribution in [0.25, 0.3) is 5.76 Å². The minimum absolute atomic E-state index is 0.0458. The molecule has 0 bridgehead atoms. The van der Waals surface area contributed by atoms with Gasteiger partial charge in [-0.05, 0) is 74.7 Å². The molecule has 0 aromatic heterocycles. The molecule has 0 spiro atoms. The first-order chi connectivity index (χ1) is 14.9. The van der Waals surface area contributed by atoms with Gasteiger partial charge in [-0.15, -0.1) is 0 Å². The van der Waals surface area contributed by atoms with Crippen LogP contribution in [0.3, 0.4) is 0 Å². The van der Waals surface area contributed by atoms with Gasteiger partial charge in [-0.3, -0.25) is 9.59 Å². The molecule has 1 aliphatic heterocycles. The molecule has 2 aliphatic rings. The molecular formula is C25H28N2O4. The van der Waals surface area contributed by atoms with Crippen molar-refractivity contribution in [3.8, 4) is 5.75 Å². The summed E-state index contributed by atoms with van der Waals surface area (Å²) in [4.78, 5) is 29.4. The normalized spacial score (nSPS) is 20.4. The number of ketones is 1. The van der Waals surface area contributed by atoms with E-state index in [2.05, 4.69) is 0 Å². The van der Waals surface area contributed by atoms with Crippen LogP contribution in [0.15, 0.2) is 48.0 Å². The van der Waals surface area contributed by atoms with Crippen molar-refractivity contribution in [2.24, 2.45) is 0 Å². The lowest BCUT2D eigenvalue weighted by atomic mass is 9.88. The fourth-order valence-electron chi connectivity index (χ4n) is 4.50. The molecule has 1 saturated heterocycles. The van der Waals surface area contributed by atoms with Crippen molar-refractivity contribution < 1.29 is 19.8 Å². The average Bonchev–Trinajstić information content (AvgIpc) is 3.01. The van der Waals surface area contributed by atoms with Crippen LogP contribution in [0.5, 0.6) is 5.75 Å². The predicted molar refractivity (Wildman–Crippen MR) is 119 cm³/mol. The number of fused-ring (bicyclic) bond motifs is 1. The van der Waals surface area contributed by atoms with Crippen LogP contribution in [0.1, 0.15) is 41.1 Å². The second kappa shape index (κ2) is 8.55. The minimum Gasteiger partial charge on any atom is -0.508 e. The third kappa shape index (κ3) is 4.08. The zero-order valence-corrected chi connectivity index (χ0v) is 18.0. The monoisotopic (exact) mass is 420 g/mol. The summed E-state index contributed by atoms with van der Waals surface area (Å²) in [6, 6.07) is 11.5. The van der Waals surface area contributed by atoms with E-state index >= 15 is 0 Å². The molecular weight excluding hydrogens is 392 g/mol. The number of amides is 1. The molecule has 2 aromatic carbocycles. The molecule has 6 heteroatoms. The van der Waals surface area contributed by atoms with Crippen molar-refractivity contribution in [1.29, 1.82) is 0 Å². The third-order valence-corrected chi connectivity index (χ3v) is 6.14. The van der Waals surface area contributed by atoms with Crippen molar-refractivity contribution in [2.75, 3.05) is 27.2 Å². The largest absolute Gasteiger partial charge is 0.508 e. The number of aromatic hydroxyl groups is 1. The van der Waals surface area contributed by atoms with E-state index in [1.165, 1.54) is 16.0 Å². The van der Waals surface area contributed by atoms with Gasteiger partial charge in [0.15, 0.2) is 0 Å². The number of likely N-dealkylation sites (N-methyl/N-ethyl adjacent to an activating group) is 1. The summed E-state index contributed by atoms with van der Waals surface area (Å²) >= 11 is 0. The molecule has 31 heavy (non-hydrogen) atoms. The lowest BCUT2D eigenvalue weighted by molar-refractivity contribution is -0.140. The number of phenolic OH excluding ortho intramolecular Hbond substituents is 1. The number of nitrogens with zero attached hydrogens (tertiary/aromatic N) is 2. The Morgan fingerprint density at radius 1 is 1.06 bits per heavy atom. The molecule has 0 saturated carbocycles. The van der Waals surface area contributed by atoms with E-state index in [1.807, 2.05) is 37.2 Å². The average molecular weight is 421 g/mol. The Hall–Kier alpha value is -3.12. The highest BCUT2D eigenvalue weighted by Gasteiger charge is 2.46. The second-order valence-corrected chi connectivity index (χ2v) is 8.58. The van der Waals surface area contributed by atoms with Crippen LogP contribution in [0.2, 0.25) is 0 Å². The van der Waals surface area contributed by atoms with Crippen LogP contribution in [0.4, 0.5) is 0 Å². The summed E-state index contributed by atoms with van der Waals surface area (Å²) in [6.45, 7) is 0.903. The Bertz CT molecular complexity index is 1060. The zero-order valence-electron chi connectivity index (χ0n) is 18.0. The van der Waals surface area contributed by atoms with Gasteiger partial charge in [-0.2, -0.15) is 0 Å². The molecule has 4 rings (SSSR count). The molecule has 0 radical (unpaired) electrons. The van der Waals surface area contributed by atoms with Crippen molar-refractivity contribution in [1.82, 2.24) is 9.80 Å². The summed E-state index contributed by atoms with van der Waals surface area (Å²) < 4.78 is 0. The first-order valence-corrected chi connectivity index (χ1v) is 10.7. The van der Waals surface area contributed by atoms with Gasteiger partial charge in [0.2, 0.25) is 0 Å². The number of hydrogen-bond donors (Lipinski definition) is 2. The maximum Gasteiger partial charge on any atom is 0.295 e. The van der Waals surface area contributed by atoms with Crippen LogP contribution in [0, 0.1) is 0 Å². The van der Waals surface area contributed by atoms with Gasteiger partial charge in [0.1, 0.15) is 11.5 Å². The number of rotatable bonds is 5. The van der Waals surface area contributed by atoms with E-state index in [-0.39, 0.29) is 17.1 Å². The van der Waals surface area contributed by atoms with E-state index in [9.17, 15) is 19.8 Å². The first kappa shape index (κ1) is 21.1. The van der Waals surface area contributed by atoms with Crippen molar-refractivity contribution in [3.05, 3.63) is 70.3 Å². The Morgan fingerprint density at radius 2 is 1.81 bits per heavy atom. The standard InChI is InChI=1S/C25H28N2O4/c1-26(2)12-13-27-22(18-8-5-9-20(28)15-18)21(24(30)25(27)31)23(29)19-11-10-16-6-3-4-7-17(16)14-19/h5,8-11,14-15,22,28-29H,3-4,6-7,12-13H2,1-2H3/b23-21-. The SMILES string of the molecule is CN(C)CCN1C(=O)C(=O)/C(=C(\O)c2ccc3c(c2)CCCC3)C1c1cccc(O)c1. The number of Topliss-reactive ketones (excluding diaryl/α,β-unsaturated/α-hetero) is 1. The highest BCUT2D eigenvalue weighted by Crippen LogP contribution is 2.40. The number of aliphatic hydroxyl groups excluding tert-OH is 1. The summed E-state index contributed by atoms with van der Waals surface area (Å²) in [6.07, 6.45) is 4.24. The van der Waals surface area contributed by atoms with Gasteiger partial charge >= 0.3 is 0 Å². The number of carbonyl (C=O) groups excluding carboxylic acids is 2. The van der Waals surface area contributed by atoms with Crippen LogP contribution < -0.4 is 0 Å². The van der Waals surface area contributed by atoms with Crippen LogP contribution >= 0.6 is 0 Å². The maximum atomic E-state index is 13.0. The van der Waals surface area contributed by atoms with Gasteiger partial charge < -0.3 is 20.0 Å². The van der Waals surface area contributed by atoms with Crippen molar-refractivity contribution in [2.45, 2.75) is 31.7 Å². The smallest absolute Gasteiger partial charge is 0.295 e. The number of likely N-dealkylation sites (tertiary alicyclic amines) is 1. The van der Waals surface area contributed by atoms with E-state index in [0.717, 1.165) is 25.7 Å². The number of hydrogen-bond acceptors (Lipinski definition) is 5. The van der Waals surface area contributed by atoms with E-state index < -0.39 is 17.7 Å². The number of aryl methyl sites for hydroxylation is 2. The van der Waals surface area contributed by atoms with Gasteiger partial charge in [-0.1, -0.05) is 24.3 Å². The van der Waals surface area contributed by atoms with Crippen LogP contribution in [-0.4, -0.2) is 58.9 Å². The molecule has 6 nitrogen and oxygen atoms in total. The Labute approximate surface area is 182 Å². The highest BCUT2D eigenvalue weighted by atomic mass is 16.3. The number of phenols is 1. The molecule has 1 heterocycles. The molecule has 162 valence electrons. The highest BCUT2D eigenvalue weighted by molar-refractivity contribution is 6.46. The zero-order chi connectivity index (χ0) is 22.1. The molecule has 1 unspecified atom stereocenters. The fraction of sp³-hybridized carbons (Fsp3) is 0.360. The Balaban J connectivity index is 1.83.